The predicted octanol–water partition coefficient (Wildman–Crippen LogP) is 14.1. The Balaban J connectivity index is 1.25. The monoisotopic (exact) mass is 688 g/mol. The van der Waals surface area contributed by atoms with Gasteiger partial charge in [-0.3, -0.25) is 0 Å². The van der Waals surface area contributed by atoms with E-state index in [-0.39, 0.29) is 0 Å². The minimum atomic E-state index is 1.19. The van der Waals surface area contributed by atoms with E-state index < -0.39 is 0 Å². The van der Waals surface area contributed by atoms with Crippen molar-refractivity contribution in [2.75, 3.05) is 0 Å². The zero-order valence-electron chi connectivity index (χ0n) is 30.2. The molecule has 0 aliphatic carbocycles. The quantitative estimate of drug-likeness (QED) is 0.163. The number of aryl methyl sites for hydroxylation is 1. The largest absolute Gasteiger partial charge is 0.316 e. The highest BCUT2D eigenvalue weighted by molar-refractivity contribution is 6.26. The second-order valence-electron chi connectivity index (χ2n) is 14.6. The number of aromatic nitrogens is 2. The lowest BCUT2D eigenvalue weighted by molar-refractivity contribution is 1.11. The van der Waals surface area contributed by atoms with Crippen LogP contribution in [0.25, 0.3) is 98.5 Å². The molecule has 0 spiro atoms. The Morgan fingerprint density at radius 1 is 0.352 bits per heavy atom. The Labute approximate surface area is 313 Å². The van der Waals surface area contributed by atoms with Crippen molar-refractivity contribution in [3.8, 4) is 33.6 Å². The normalized spacial score (nSPS) is 11.9. The molecule has 0 radical (unpaired) electrons. The second kappa shape index (κ2) is 11.8. The summed E-state index contributed by atoms with van der Waals surface area (Å²) in [5.74, 6) is 0. The van der Waals surface area contributed by atoms with Crippen LogP contribution in [0.3, 0.4) is 0 Å². The molecule has 11 aromatic rings. The van der Waals surface area contributed by atoms with Gasteiger partial charge in [-0.15, -0.1) is 0 Å². The van der Waals surface area contributed by atoms with Crippen molar-refractivity contribution in [3.63, 3.8) is 0 Å². The highest BCUT2D eigenvalue weighted by Gasteiger charge is 2.20. The summed E-state index contributed by atoms with van der Waals surface area (Å²) in [5, 5.41) is 12.5. The molecule has 0 N–H and O–H groups in total. The smallest absolute Gasteiger partial charge is 0.0629 e. The van der Waals surface area contributed by atoms with Gasteiger partial charge in [0.25, 0.3) is 0 Å². The molecule has 0 saturated heterocycles. The molecule has 0 fully saturated rings. The van der Waals surface area contributed by atoms with E-state index in [0.29, 0.717) is 0 Å². The summed E-state index contributed by atoms with van der Waals surface area (Å²) in [7, 11) is 0. The third-order valence-electron chi connectivity index (χ3n) is 11.7. The number of rotatable bonds is 4. The van der Waals surface area contributed by atoms with Crippen molar-refractivity contribution >= 4 is 64.9 Å². The molecule has 54 heavy (non-hydrogen) atoms. The summed E-state index contributed by atoms with van der Waals surface area (Å²) >= 11 is 0. The summed E-state index contributed by atoms with van der Waals surface area (Å²) in [6.07, 6.45) is 4.56. The first-order chi connectivity index (χ1) is 26.6. The van der Waals surface area contributed by atoms with Gasteiger partial charge >= 0.3 is 0 Å². The lowest BCUT2D eigenvalue weighted by atomic mass is 9.94. The van der Waals surface area contributed by atoms with Crippen LogP contribution in [-0.4, -0.2) is 9.13 Å². The van der Waals surface area contributed by atoms with Crippen LogP contribution in [0.4, 0.5) is 0 Å². The van der Waals surface area contributed by atoms with Crippen LogP contribution >= 0.6 is 0 Å². The van der Waals surface area contributed by atoms with Crippen molar-refractivity contribution in [1.29, 1.82) is 0 Å². The van der Waals surface area contributed by atoms with E-state index in [1.54, 1.807) is 0 Å². The fourth-order valence-corrected chi connectivity index (χ4v) is 9.13. The SMILES string of the molecule is Cc1ccccc1-c1cccc(-n2ccc3c2c2ccc(-c4cccc5ccccc45)cc2c2ccn(-c4cccc5ccc6ccccc6c45)c23)c1C. The number of hydrogen-bond donors (Lipinski definition) is 0. The number of hydrogen-bond acceptors (Lipinski definition) is 0. The molecule has 0 bridgehead atoms. The molecule has 0 atom stereocenters. The minimum Gasteiger partial charge on any atom is -0.316 e. The van der Waals surface area contributed by atoms with Crippen LogP contribution in [0.2, 0.25) is 0 Å². The van der Waals surface area contributed by atoms with E-state index in [4.69, 9.17) is 0 Å². The van der Waals surface area contributed by atoms with Gasteiger partial charge in [0, 0.05) is 39.6 Å². The highest BCUT2D eigenvalue weighted by Crippen LogP contribution is 2.43. The maximum absolute atomic E-state index is 2.44. The molecular weight excluding hydrogens is 653 g/mol. The molecule has 254 valence electrons. The number of fused-ring (bicyclic) bond motifs is 10. The first kappa shape index (κ1) is 30.7. The van der Waals surface area contributed by atoms with Crippen LogP contribution < -0.4 is 0 Å². The van der Waals surface area contributed by atoms with Crippen LogP contribution in [-0.2, 0) is 0 Å². The second-order valence-corrected chi connectivity index (χ2v) is 14.6. The average Bonchev–Trinajstić information content (AvgIpc) is 3.86. The van der Waals surface area contributed by atoms with Crippen molar-refractivity contribution in [2.24, 2.45) is 0 Å². The fraction of sp³-hybridized carbons (Fsp3) is 0.0385. The molecule has 2 heteroatoms. The average molecular weight is 689 g/mol. The van der Waals surface area contributed by atoms with E-state index in [1.807, 2.05) is 0 Å². The maximum Gasteiger partial charge on any atom is 0.0629 e. The topological polar surface area (TPSA) is 9.86 Å². The van der Waals surface area contributed by atoms with Crippen molar-refractivity contribution in [2.45, 2.75) is 13.8 Å². The lowest BCUT2D eigenvalue weighted by Crippen LogP contribution is -1.99. The molecule has 2 aromatic heterocycles. The minimum absolute atomic E-state index is 1.19. The van der Waals surface area contributed by atoms with Gasteiger partial charge in [-0.1, -0.05) is 140 Å². The van der Waals surface area contributed by atoms with Crippen molar-refractivity contribution < 1.29 is 0 Å². The summed E-state index contributed by atoms with van der Waals surface area (Å²) in [6.45, 7) is 4.47. The van der Waals surface area contributed by atoms with Crippen molar-refractivity contribution in [3.05, 3.63) is 193 Å². The Kier molecular flexibility index (Phi) is 6.72. The molecule has 11 rings (SSSR count). The Bertz CT molecular complexity index is 3290. The third-order valence-corrected chi connectivity index (χ3v) is 11.7. The first-order valence-electron chi connectivity index (χ1n) is 18.8. The molecule has 2 nitrogen and oxygen atoms in total. The summed E-state index contributed by atoms with van der Waals surface area (Å²) < 4.78 is 4.87. The van der Waals surface area contributed by atoms with Gasteiger partial charge in [0.2, 0.25) is 0 Å². The van der Waals surface area contributed by atoms with Gasteiger partial charge in [-0.05, 0) is 110 Å². The third kappa shape index (κ3) is 4.47. The molecule has 0 aliphatic rings. The van der Waals surface area contributed by atoms with E-state index >= 15 is 0 Å². The lowest BCUT2D eigenvalue weighted by Gasteiger charge is -2.18. The standard InChI is InChI=1S/C52H36N2/c1-33-12-3-6-17-39(33)40-20-11-22-48(34(40)2)53-31-29-46-51(53)44-27-26-38(42-21-9-15-35-13-4-7-18-41(35)42)32-47(44)45-28-30-54(52(45)46)49-23-10-16-37-25-24-36-14-5-8-19-43(36)50(37)49/h3-32H,1-2H3. The van der Waals surface area contributed by atoms with E-state index in [0.717, 1.165) is 0 Å². The molecule has 0 saturated carbocycles. The van der Waals surface area contributed by atoms with E-state index in [2.05, 4.69) is 205 Å². The molecule has 0 unspecified atom stereocenters. The van der Waals surface area contributed by atoms with E-state index in [1.165, 1.54) is 110 Å². The van der Waals surface area contributed by atoms with Crippen molar-refractivity contribution in [1.82, 2.24) is 9.13 Å². The first-order valence-corrected chi connectivity index (χ1v) is 18.8. The fourth-order valence-electron chi connectivity index (χ4n) is 9.13. The number of nitrogens with zero attached hydrogens (tertiary/aromatic N) is 2. The molecule has 0 amide bonds. The molecule has 0 aliphatic heterocycles. The molecular formula is C52H36N2. The molecule has 2 heterocycles. The van der Waals surface area contributed by atoms with E-state index in [9.17, 15) is 0 Å². The Morgan fingerprint density at radius 3 is 1.78 bits per heavy atom. The zero-order valence-corrected chi connectivity index (χ0v) is 30.2. The van der Waals surface area contributed by atoms with Gasteiger partial charge in [-0.2, -0.15) is 0 Å². The Hall–Kier alpha value is -6.90. The molecule has 9 aromatic carbocycles. The highest BCUT2D eigenvalue weighted by atomic mass is 15.0. The number of benzene rings is 9. The summed E-state index contributed by atoms with van der Waals surface area (Å²) in [6, 6.07) is 62.5. The van der Waals surface area contributed by atoms with Gasteiger partial charge in [0.05, 0.1) is 16.7 Å². The van der Waals surface area contributed by atoms with Crippen LogP contribution in [0.1, 0.15) is 11.1 Å². The van der Waals surface area contributed by atoms with Gasteiger partial charge in [-0.25, -0.2) is 0 Å². The Morgan fingerprint density at radius 2 is 0.926 bits per heavy atom. The maximum atomic E-state index is 2.44. The van der Waals surface area contributed by atoms with Crippen LogP contribution in [0.15, 0.2) is 182 Å². The zero-order chi connectivity index (χ0) is 35.9. The van der Waals surface area contributed by atoms with Crippen LogP contribution in [0, 0.1) is 13.8 Å². The van der Waals surface area contributed by atoms with Gasteiger partial charge in [0.1, 0.15) is 0 Å². The van der Waals surface area contributed by atoms with Gasteiger partial charge in [0.15, 0.2) is 0 Å². The summed E-state index contributed by atoms with van der Waals surface area (Å²) in [4.78, 5) is 0. The van der Waals surface area contributed by atoms with Gasteiger partial charge < -0.3 is 9.13 Å². The summed E-state index contributed by atoms with van der Waals surface area (Å²) in [5.41, 5.74) is 12.4. The predicted molar refractivity (Wildman–Crippen MR) is 230 cm³/mol. The van der Waals surface area contributed by atoms with Crippen LogP contribution in [0.5, 0.6) is 0 Å².